The van der Waals surface area contributed by atoms with E-state index in [9.17, 15) is 13.9 Å². The molecule has 1 rings (SSSR count). The molecule has 1 aromatic rings. The first-order valence-electron chi connectivity index (χ1n) is 5.70. The third-order valence-electron chi connectivity index (χ3n) is 2.70. The Bertz CT molecular complexity index is 416. The monoisotopic (exact) mass is 259 g/mol. The van der Waals surface area contributed by atoms with Gasteiger partial charge in [-0.1, -0.05) is 0 Å². The van der Waals surface area contributed by atoms with E-state index in [2.05, 4.69) is 5.32 Å². The normalized spacial score (nSPS) is 13.5. The summed E-state index contributed by atoms with van der Waals surface area (Å²) < 4.78 is 32.1. The second-order valence-corrected chi connectivity index (χ2v) is 4.40. The van der Waals surface area contributed by atoms with Crippen LogP contribution in [0.4, 0.5) is 8.78 Å². The summed E-state index contributed by atoms with van der Waals surface area (Å²) in [5.41, 5.74) is 0.844. The lowest BCUT2D eigenvalue weighted by atomic mass is 9.97. The molecule has 1 atom stereocenters. The number of nitrogens with one attached hydrogen (secondary N) is 1. The lowest BCUT2D eigenvalue weighted by Crippen LogP contribution is -2.19. The summed E-state index contributed by atoms with van der Waals surface area (Å²) in [6.07, 6.45) is -0.883. The fraction of sp³-hybridized carbons (Fsp3) is 0.538. The van der Waals surface area contributed by atoms with E-state index in [1.54, 1.807) is 20.0 Å². The maximum absolute atomic E-state index is 13.5. The Balaban J connectivity index is 3.38. The smallest absolute Gasteiger partial charge is 0.274 e. The molecule has 0 aliphatic heterocycles. The number of aryl methyl sites for hydroxylation is 1. The molecule has 0 fully saturated rings. The Hall–Kier alpha value is -1.20. The van der Waals surface area contributed by atoms with Crippen molar-refractivity contribution in [2.24, 2.45) is 0 Å². The van der Waals surface area contributed by atoms with E-state index in [-0.39, 0.29) is 17.9 Å². The highest BCUT2D eigenvalue weighted by Crippen LogP contribution is 2.39. The van der Waals surface area contributed by atoms with Crippen molar-refractivity contribution in [3.8, 4) is 5.75 Å². The van der Waals surface area contributed by atoms with Crippen LogP contribution in [0.2, 0.25) is 0 Å². The van der Waals surface area contributed by atoms with Crippen LogP contribution in [0.15, 0.2) is 12.1 Å². The fourth-order valence-electron chi connectivity index (χ4n) is 1.91. The maximum Gasteiger partial charge on any atom is 0.274 e. The van der Waals surface area contributed by atoms with Gasteiger partial charge in [0.15, 0.2) is 0 Å². The van der Waals surface area contributed by atoms with Gasteiger partial charge in [0.05, 0.1) is 18.8 Å². The molecule has 0 bridgehead atoms. The topological polar surface area (TPSA) is 41.5 Å². The van der Waals surface area contributed by atoms with Crippen LogP contribution in [-0.2, 0) is 5.92 Å². The molecular formula is C13H19F2NO2. The molecule has 0 spiro atoms. The van der Waals surface area contributed by atoms with Crippen LogP contribution in [0.3, 0.4) is 0 Å². The summed E-state index contributed by atoms with van der Waals surface area (Å²) in [6, 6.07) is 3.05. The van der Waals surface area contributed by atoms with E-state index in [0.717, 1.165) is 6.92 Å². The molecule has 0 saturated heterocycles. The van der Waals surface area contributed by atoms with E-state index in [1.165, 1.54) is 13.2 Å². The van der Waals surface area contributed by atoms with Gasteiger partial charge in [-0.25, -0.2) is 8.78 Å². The number of rotatable bonds is 5. The Morgan fingerprint density at radius 3 is 2.50 bits per heavy atom. The first kappa shape index (κ1) is 14.9. The van der Waals surface area contributed by atoms with E-state index in [0.29, 0.717) is 11.1 Å². The minimum Gasteiger partial charge on any atom is -0.496 e. The van der Waals surface area contributed by atoms with Gasteiger partial charge in [0.1, 0.15) is 5.75 Å². The Kier molecular flexibility index (Phi) is 4.65. The van der Waals surface area contributed by atoms with Gasteiger partial charge in [-0.15, -0.1) is 0 Å². The largest absolute Gasteiger partial charge is 0.496 e. The highest BCUT2D eigenvalue weighted by Gasteiger charge is 2.31. The number of benzene rings is 1. The number of aliphatic hydroxyl groups excluding tert-OH is 1. The Morgan fingerprint density at radius 1 is 1.44 bits per heavy atom. The van der Waals surface area contributed by atoms with Gasteiger partial charge in [-0.2, -0.15) is 0 Å². The zero-order valence-corrected chi connectivity index (χ0v) is 11.1. The second kappa shape index (κ2) is 5.63. The van der Waals surface area contributed by atoms with Gasteiger partial charge in [0.25, 0.3) is 5.92 Å². The molecule has 0 aliphatic carbocycles. The molecule has 0 radical (unpaired) electrons. The van der Waals surface area contributed by atoms with E-state index in [1.807, 2.05) is 0 Å². The van der Waals surface area contributed by atoms with Crippen molar-refractivity contribution in [1.29, 1.82) is 0 Å². The molecule has 1 unspecified atom stereocenters. The predicted molar refractivity (Wildman–Crippen MR) is 66.2 cm³/mol. The number of ether oxygens (including phenoxy) is 1. The summed E-state index contributed by atoms with van der Waals surface area (Å²) in [7, 11) is 3.01. The van der Waals surface area contributed by atoms with Crippen molar-refractivity contribution in [2.45, 2.75) is 25.9 Å². The van der Waals surface area contributed by atoms with Crippen LogP contribution in [0.5, 0.6) is 5.75 Å². The highest BCUT2D eigenvalue weighted by atomic mass is 19.3. The van der Waals surface area contributed by atoms with E-state index in [4.69, 9.17) is 4.74 Å². The van der Waals surface area contributed by atoms with E-state index >= 15 is 0 Å². The van der Waals surface area contributed by atoms with Crippen molar-refractivity contribution in [3.05, 3.63) is 28.8 Å². The van der Waals surface area contributed by atoms with Gasteiger partial charge in [-0.3, -0.25) is 0 Å². The van der Waals surface area contributed by atoms with Crippen molar-refractivity contribution in [3.63, 3.8) is 0 Å². The summed E-state index contributed by atoms with van der Waals surface area (Å²) in [5, 5.41) is 12.8. The van der Waals surface area contributed by atoms with Crippen molar-refractivity contribution >= 4 is 0 Å². The number of halogens is 2. The summed E-state index contributed by atoms with van der Waals surface area (Å²) in [6.45, 7) is 2.80. The van der Waals surface area contributed by atoms with Crippen LogP contribution in [-0.4, -0.2) is 25.8 Å². The zero-order chi connectivity index (χ0) is 13.9. The van der Waals surface area contributed by atoms with Gasteiger partial charge in [0, 0.05) is 19.0 Å². The summed E-state index contributed by atoms with van der Waals surface area (Å²) in [4.78, 5) is 0. The molecule has 5 heteroatoms. The number of likely N-dealkylation sites (N-methyl/N-ethyl adjacent to an activating group) is 1. The fourth-order valence-corrected chi connectivity index (χ4v) is 1.91. The minimum absolute atomic E-state index is 0.0517. The van der Waals surface area contributed by atoms with Crippen LogP contribution in [0.1, 0.15) is 29.7 Å². The third kappa shape index (κ3) is 3.17. The SMILES string of the molecule is CNCC(O)c1cc(C)cc(C(C)(F)F)c1OC. The predicted octanol–water partition coefficient (Wildman–Crippen LogP) is 2.37. The first-order valence-corrected chi connectivity index (χ1v) is 5.70. The third-order valence-corrected chi connectivity index (χ3v) is 2.70. The molecule has 1 aromatic carbocycles. The second-order valence-electron chi connectivity index (χ2n) is 4.40. The first-order chi connectivity index (χ1) is 8.31. The average Bonchev–Trinajstić information content (AvgIpc) is 2.27. The van der Waals surface area contributed by atoms with Gasteiger partial charge >= 0.3 is 0 Å². The van der Waals surface area contributed by atoms with Gasteiger partial charge in [-0.05, 0) is 31.7 Å². The molecule has 0 aromatic heterocycles. The quantitative estimate of drug-likeness (QED) is 0.853. The number of hydrogen-bond acceptors (Lipinski definition) is 3. The molecule has 0 saturated carbocycles. The maximum atomic E-state index is 13.5. The van der Waals surface area contributed by atoms with Crippen molar-refractivity contribution in [1.82, 2.24) is 5.32 Å². The molecule has 2 N–H and O–H groups in total. The highest BCUT2D eigenvalue weighted by molar-refractivity contribution is 5.47. The molecular weight excluding hydrogens is 240 g/mol. The Morgan fingerprint density at radius 2 is 2.06 bits per heavy atom. The lowest BCUT2D eigenvalue weighted by Gasteiger charge is -2.21. The number of methoxy groups -OCH3 is 1. The standard InChI is InChI=1S/C13H19F2NO2/c1-8-5-9(11(17)7-16-3)12(18-4)10(6-8)13(2,14)15/h5-6,11,16-17H,7H2,1-4H3. The molecule has 18 heavy (non-hydrogen) atoms. The number of aliphatic hydroxyl groups is 1. The minimum atomic E-state index is -3.01. The lowest BCUT2D eigenvalue weighted by molar-refractivity contribution is 0.0145. The van der Waals surface area contributed by atoms with Crippen molar-refractivity contribution < 1.29 is 18.6 Å². The zero-order valence-electron chi connectivity index (χ0n) is 11.1. The average molecular weight is 259 g/mol. The summed E-state index contributed by atoms with van der Waals surface area (Å²) in [5.74, 6) is -2.96. The van der Waals surface area contributed by atoms with Crippen LogP contribution < -0.4 is 10.1 Å². The van der Waals surface area contributed by atoms with Gasteiger partial charge in [0.2, 0.25) is 0 Å². The molecule has 3 nitrogen and oxygen atoms in total. The number of hydrogen-bond donors (Lipinski definition) is 2. The summed E-state index contributed by atoms with van der Waals surface area (Å²) >= 11 is 0. The molecule has 102 valence electrons. The van der Waals surface area contributed by atoms with Crippen LogP contribution in [0.25, 0.3) is 0 Å². The molecule has 0 heterocycles. The van der Waals surface area contributed by atoms with Crippen molar-refractivity contribution in [2.75, 3.05) is 20.7 Å². The molecule has 0 amide bonds. The van der Waals surface area contributed by atoms with E-state index < -0.39 is 12.0 Å². The Labute approximate surface area is 106 Å². The molecule has 0 aliphatic rings. The van der Waals surface area contributed by atoms with Gasteiger partial charge < -0.3 is 15.2 Å². The number of alkyl halides is 2. The van der Waals surface area contributed by atoms with Crippen LogP contribution in [0, 0.1) is 6.92 Å². The van der Waals surface area contributed by atoms with Crippen LogP contribution >= 0.6 is 0 Å².